The van der Waals surface area contributed by atoms with Crippen LogP contribution in [0, 0.1) is 12.3 Å². The van der Waals surface area contributed by atoms with Crippen LogP contribution in [-0.2, 0) is 6.42 Å². The standard InChI is InChI=1S/C32H32N4O4/c1-19(2)40-25-16-14-24(15-17-25)36-20(3)34-29(23-12-13-23)28(31(36)37)18-21-8-10-22(11-9-21)26-6-4-5-7-27(26)30(33)35-32(38)39/h4-11,14-17,19,23H,12-13,18H2,1-3H3,(H2,33,35)(H,38,39). The van der Waals surface area contributed by atoms with Gasteiger partial charge in [-0.15, -0.1) is 0 Å². The van der Waals surface area contributed by atoms with Crippen LogP contribution >= 0.6 is 0 Å². The lowest BCUT2D eigenvalue weighted by molar-refractivity contribution is 0.200. The molecular formula is C32H32N4O4. The quantitative estimate of drug-likeness (QED) is 0.187. The first-order valence-electron chi connectivity index (χ1n) is 13.4. The monoisotopic (exact) mass is 536 g/mol. The number of aryl methyl sites for hydroxylation is 1. The third kappa shape index (κ3) is 5.81. The molecule has 1 aromatic heterocycles. The number of benzene rings is 3. The number of nitrogens with one attached hydrogen (secondary N) is 2. The maximum atomic E-state index is 13.9. The van der Waals surface area contributed by atoms with Crippen LogP contribution in [0.2, 0.25) is 0 Å². The maximum absolute atomic E-state index is 13.9. The Morgan fingerprint density at radius 3 is 2.38 bits per heavy atom. The smallest absolute Gasteiger partial charge is 0.410 e. The second kappa shape index (κ2) is 11.2. The van der Waals surface area contributed by atoms with Crippen LogP contribution in [-0.4, -0.2) is 32.7 Å². The fraction of sp³-hybridized carbons (Fsp3) is 0.250. The van der Waals surface area contributed by atoms with Crippen molar-refractivity contribution >= 4 is 11.9 Å². The molecule has 8 nitrogen and oxygen atoms in total. The van der Waals surface area contributed by atoms with Gasteiger partial charge < -0.3 is 9.84 Å². The number of hydrogen-bond donors (Lipinski definition) is 3. The molecule has 4 aromatic rings. The predicted octanol–water partition coefficient (Wildman–Crippen LogP) is 6.06. The van der Waals surface area contributed by atoms with Crippen molar-refractivity contribution < 1.29 is 14.6 Å². The van der Waals surface area contributed by atoms with Crippen molar-refractivity contribution in [3.63, 3.8) is 0 Å². The molecule has 3 aromatic carbocycles. The van der Waals surface area contributed by atoms with Gasteiger partial charge in [-0.05, 0) is 74.6 Å². The third-order valence-corrected chi connectivity index (χ3v) is 6.88. The van der Waals surface area contributed by atoms with Gasteiger partial charge in [0.15, 0.2) is 0 Å². The number of carbonyl (C=O) groups is 1. The summed E-state index contributed by atoms with van der Waals surface area (Å²) in [5.74, 6) is 1.55. The van der Waals surface area contributed by atoms with E-state index in [-0.39, 0.29) is 17.5 Å². The number of ether oxygens (including phenoxy) is 1. The number of aromatic nitrogens is 2. The van der Waals surface area contributed by atoms with Crippen molar-refractivity contribution in [2.45, 2.75) is 52.1 Å². The molecule has 204 valence electrons. The molecule has 5 rings (SSSR count). The first-order valence-corrected chi connectivity index (χ1v) is 13.4. The first-order chi connectivity index (χ1) is 19.2. The fourth-order valence-electron chi connectivity index (χ4n) is 4.93. The molecule has 0 saturated heterocycles. The largest absolute Gasteiger partial charge is 0.491 e. The lowest BCUT2D eigenvalue weighted by Gasteiger charge is -2.16. The van der Waals surface area contributed by atoms with Crippen LogP contribution < -0.4 is 15.6 Å². The second-order valence-electron chi connectivity index (χ2n) is 10.3. The molecular weight excluding hydrogens is 504 g/mol. The van der Waals surface area contributed by atoms with E-state index in [1.807, 2.05) is 81.4 Å². The summed E-state index contributed by atoms with van der Waals surface area (Å²) in [7, 11) is 0. The Labute approximate surface area is 232 Å². The number of amides is 1. The zero-order valence-electron chi connectivity index (χ0n) is 22.8. The maximum Gasteiger partial charge on any atom is 0.410 e. The number of amidine groups is 1. The summed E-state index contributed by atoms with van der Waals surface area (Å²) >= 11 is 0. The summed E-state index contributed by atoms with van der Waals surface area (Å²) in [5, 5.41) is 19.3. The van der Waals surface area contributed by atoms with Crippen LogP contribution in [0.1, 0.15) is 60.8 Å². The zero-order chi connectivity index (χ0) is 28.4. The molecule has 3 N–H and O–H groups in total. The topological polar surface area (TPSA) is 117 Å². The van der Waals surface area contributed by atoms with Gasteiger partial charge in [0.2, 0.25) is 0 Å². The molecule has 1 heterocycles. The van der Waals surface area contributed by atoms with Crippen molar-refractivity contribution in [1.82, 2.24) is 14.9 Å². The van der Waals surface area contributed by atoms with E-state index in [4.69, 9.17) is 20.2 Å². The number of hydrogen-bond acceptors (Lipinski definition) is 5. The highest BCUT2D eigenvalue weighted by molar-refractivity contribution is 6.08. The minimum Gasteiger partial charge on any atom is -0.491 e. The summed E-state index contributed by atoms with van der Waals surface area (Å²) in [5.41, 5.74) is 5.34. The summed E-state index contributed by atoms with van der Waals surface area (Å²) < 4.78 is 7.43. The van der Waals surface area contributed by atoms with E-state index in [1.165, 1.54) is 0 Å². The summed E-state index contributed by atoms with van der Waals surface area (Å²) in [6, 6.07) is 22.5. The Morgan fingerprint density at radius 2 is 1.75 bits per heavy atom. The SMILES string of the molecule is Cc1nc(C2CC2)c(Cc2ccc(-c3ccccc3C(=N)NC(=O)O)cc2)c(=O)n1-c1ccc(OC(C)C)cc1. The molecule has 1 saturated carbocycles. The van der Waals surface area contributed by atoms with E-state index in [0.717, 1.165) is 46.7 Å². The van der Waals surface area contributed by atoms with Gasteiger partial charge in [0.05, 0.1) is 17.5 Å². The Kier molecular flexibility index (Phi) is 7.51. The molecule has 0 radical (unpaired) electrons. The lowest BCUT2D eigenvalue weighted by atomic mass is 9.96. The highest BCUT2D eigenvalue weighted by Crippen LogP contribution is 2.40. The molecule has 0 bridgehead atoms. The molecule has 0 unspecified atom stereocenters. The van der Waals surface area contributed by atoms with Gasteiger partial charge in [0.1, 0.15) is 17.4 Å². The average molecular weight is 537 g/mol. The van der Waals surface area contributed by atoms with Gasteiger partial charge in [-0.1, -0.05) is 48.5 Å². The molecule has 1 aliphatic carbocycles. The molecule has 1 aliphatic rings. The number of carboxylic acid groups (broad SMARTS) is 1. The minimum absolute atomic E-state index is 0.0606. The van der Waals surface area contributed by atoms with Crippen molar-refractivity contribution in [2.24, 2.45) is 0 Å². The van der Waals surface area contributed by atoms with Crippen LogP contribution in [0.4, 0.5) is 4.79 Å². The average Bonchev–Trinajstić information content (AvgIpc) is 3.76. The van der Waals surface area contributed by atoms with E-state index in [2.05, 4.69) is 5.32 Å². The summed E-state index contributed by atoms with van der Waals surface area (Å²) in [6.07, 6.45) is 1.31. The number of rotatable bonds is 8. The molecule has 0 spiro atoms. The van der Waals surface area contributed by atoms with Crippen molar-refractivity contribution in [1.29, 1.82) is 5.41 Å². The van der Waals surface area contributed by atoms with Crippen LogP contribution in [0.25, 0.3) is 16.8 Å². The van der Waals surface area contributed by atoms with E-state index >= 15 is 0 Å². The van der Waals surface area contributed by atoms with Gasteiger partial charge in [0.25, 0.3) is 5.56 Å². The van der Waals surface area contributed by atoms with E-state index < -0.39 is 6.09 Å². The van der Waals surface area contributed by atoms with Crippen LogP contribution in [0.3, 0.4) is 0 Å². The Morgan fingerprint density at radius 1 is 1.07 bits per heavy atom. The molecule has 40 heavy (non-hydrogen) atoms. The van der Waals surface area contributed by atoms with Gasteiger partial charge in [-0.2, -0.15) is 0 Å². The van der Waals surface area contributed by atoms with Gasteiger partial charge >= 0.3 is 6.09 Å². The molecule has 1 amide bonds. The summed E-state index contributed by atoms with van der Waals surface area (Å²) in [4.78, 5) is 29.9. The van der Waals surface area contributed by atoms with E-state index in [0.29, 0.717) is 29.3 Å². The molecule has 0 atom stereocenters. The molecule has 8 heteroatoms. The van der Waals surface area contributed by atoms with E-state index in [9.17, 15) is 9.59 Å². The second-order valence-corrected chi connectivity index (χ2v) is 10.3. The van der Waals surface area contributed by atoms with Crippen molar-refractivity contribution in [3.05, 3.63) is 111 Å². The predicted molar refractivity (Wildman–Crippen MR) is 155 cm³/mol. The normalized spacial score (nSPS) is 12.8. The fourth-order valence-corrected chi connectivity index (χ4v) is 4.93. The summed E-state index contributed by atoms with van der Waals surface area (Å²) in [6.45, 7) is 5.82. The number of nitrogens with zero attached hydrogens (tertiary/aromatic N) is 2. The highest BCUT2D eigenvalue weighted by atomic mass is 16.5. The zero-order valence-corrected chi connectivity index (χ0v) is 22.8. The van der Waals surface area contributed by atoms with Gasteiger partial charge in [-0.25, -0.2) is 9.78 Å². The Balaban J connectivity index is 1.47. The Hall–Kier alpha value is -4.72. The minimum atomic E-state index is -1.28. The molecule has 0 aliphatic heterocycles. The first kappa shape index (κ1) is 26.9. The van der Waals surface area contributed by atoms with Crippen molar-refractivity contribution in [2.75, 3.05) is 0 Å². The van der Waals surface area contributed by atoms with Gasteiger partial charge in [0, 0.05) is 23.5 Å². The van der Waals surface area contributed by atoms with Crippen molar-refractivity contribution in [3.8, 4) is 22.6 Å². The van der Waals surface area contributed by atoms with Gasteiger partial charge in [-0.3, -0.25) is 20.1 Å². The Bertz CT molecular complexity index is 1620. The van der Waals surface area contributed by atoms with Crippen LogP contribution in [0.15, 0.2) is 77.6 Å². The lowest BCUT2D eigenvalue weighted by Crippen LogP contribution is -2.29. The van der Waals surface area contributed by atoms with E-state index in [1.54, 1.807) is 16.7 Å². The molecule has 1 fully saturated rings. The van der Waals surface area contributed by atoms with Crippen LogP contribution in [0.5, 0.6) is 5.75 Å². The third-order valence-electron chi connectivity index (χ3n) is 6.88. The highest BCUT2D eigenvalue weighted by Gasteiger charge is 2.30.